The Morgan fingerprint density at radius 3 is 1.86 bits per heavy atom. The van der Waals surface area contributed by atoms with Gasteiger partial charge >= 0.3 is 0 Å². The van der Waals surface area contributed by atoms with Crippen LogP contribution < -0.4 is 10.0 Å². The summed E-state index contributed by atoms with van der Waals surface area (Å²) in [6.07, 6.45) is 3.29. The zero-order valence-electron chi connectivity index (χ0n) is 13.7. The molecule has 0 fully saturated rings. The maximum absolute atomic E-state index is 11.5. The molecule has 0 aliphatic carbocycles. The second-order valence-corrected chi connectivity index (χ2v) is 8.27. The average Bonchev–Trinajstić information content (AvgIpc) is 2.27. The maximum atomic E-state index is 11.5. The van der Waals surface area contributed by atoms with E-state index in [1.807, 2.05) is 18.2 Å². The van der Waals surface area contributed by atoms with Gasteiger partial charge in [0.2, 0.25) is 10.0 Å². The normalized spacial score (nSPS) is 12.2. The Kier molecular flexibility index (Phi) is 6.52. The topological polar surface area (TPSA) is 58.2 Å². The van der Waals surface area contributed by atoms with Crippen LogP contribution in [0.5, 0.6) is 0 Å². The van der Waals surface area contributed by atoms with E-state index in [4.69, 9.17) is 0 Å². The van der Waals surface area contributed by atoms with Crippen LogP contribution in [0.4, 0.5) is 11.4 Å². The van der Waals surface area contributed by atoms with Crippen molar-refractivity contribution in [3.05, 3.63) is 24.3 Å². The molecule has 0 heterocycles. The Labute approximate surface area is 129 Å². The van der Waals surface area contributed by atoms with Crippen molar-refractivity contribution in [1.29, 1.82) is 0 Å². The fourth-order valence-corrected chi connectivity index (χ4v) is 3.05. The molecule has 0 atom stereocenters. The van der Waals surface area contributed by atoms with E-state index in [-0.39, 0.29) is 0 Å². The molecule has 21 heavy (non-hydrogen) atoms. The highest BCUT2D eigenvalue weighted by Gasteiger charge is 2.15. The van der Waals surface area contributed by atoms with Crippen LogP contribution in [0.3, 0.4) is 0 Å². The molecule has 0 aromatic heterocycles. The number of rotatable bonds is 8. The summed E-state index contributed by atoms with van der Waals surface area (Å²) in [7, 11) is -3.27. The van der Waals surface area contributed by atoms with E-state index in [0.29, 0.717) is 23.6 Å². The molecule has 0 saturated heterocycles. The Balaban J connectivity index is 2.92. The van der Waals surface area contributed by atoms with Crippen LogP contribution in [0.1, 0.15) is 40.5 Å². The molecule has 4 nitrogen and oxygen atoms in total. The maximum Gasteiger partial charge on any atom is 0.229 e. The first-order valence-corrected chi connectivity index (χ1v) is 9.40. The van der Waals surface area contributed by atoms with Gasteiger partial charge in [-0.25, -0.2) is 8.42 Å². The standard InChI is InChI=1S/C16H28N2O2S/c1-12(2)10-14(11-13(3)4)17-15-8-6-7-9-16(15)18-21(5,19)20/h6-9,12-14,17-18H,10-11H2,1-5H3. The summed E-state index contributed by atoms with van der Waals surface area (Å²) in [5.41, 5.74) is 1.45. The Hall–Kier alpha value is -1.23. The fourth-order valence-electron chi connectivity index (χ4n) is 2.47. The summed E-state index contributed by atoms with van der Waals surface area (Å²) in [4.78, 5) is 0. The van der Waals surface area contributed by atoms with Gasteiger partial charge in [-0.2, -0.15) is 0 Å². The van der Waals surface area contributed by atoms with Crippen molar-refractivity contribution in [2.45, 2.75) is 46.6 Å². The van der Waals surface area contributed by atoms with E-state index < -0.39 is 10.0 Å². The van der Waals surface area contributed by atoms with E-state index in [1.165, 1.54) is 6.26 Å². The summed E-state index contributed by atoms with van der Waals surface area (Å²) in [5.74, 6) is 1.19. The molecular weight excluding hydrogens is 284 g/mol. The van der Waals surface area contributed by atoms with Gasteiger partial charge in [0.1, 0.15) is 0 Å². The molecule has 1 aromatic carbocycles. The first-order chi connectivity index (χ1) is 9.67. The fraction of sp³-hybridized carbons (Fsp3) is 0.625. The molecule has 1 aromatic rings. The average molecular weight is 312 g/mol. The summed E-state index contributed by atoms with van der Waals surface area (Å²) in [5, 5.41) is 3.51. The van der Waals surface area contributed by atoms with Gasteiger partial charge in [0.15, 0.2) is 0 Å². The molecule has 0 amide bonds. The number of hydrogen-bond donors (Lipinski definition) is 2. The van der Waals surface area contributed by atoms with Crippen molar-refractivity contribution in [2.24, 2.45) is 11.8 Å². The summed E-state index contributed by atoms with van der Waals surface area (Å²) in [6.45, 7) is 8.82. The third-order valence-corrected chi connectivity index (χ3v) is 3.68. The Morgan fingerprint density at radius 1 is 0.952 bits per heavy atom. The largest absolute Gasteiger partial charge is 0.381 e. The van der Waals surface area contributed by atoms with Crippen molar-refractivity contribution < 1.29 is 8.42 Å². The molecule has 0 aliphatic heterocycles. The minimum absolute atomic E-state index is 0.340. The highest BCUT2D eigenvalue weighted by molar-refractivity contribution is 7.92. The summed E-state index contributed by atoms with van der Waals surface area (Å²) in [6, 6.07) is 7.79. The van der Waals surface area contributed by atoms with Crippen molar-refractivity contribution in [2.75, 3.05) is 16.3 Å². The molecule has 0 unspecified atom stereocenters. The van der Waals surface area contributed by atoms with Gasteiger partial charge in [-0.1, -0.05) is 39.8 Å². The van der Waals surface area contributed by atoms with E-state index in [1.54, 1.807) is 6.07 Å². The van der Waals surface area contributed by atoms with Crippen LogP contribution in [0.25, 0.3) is 0 Å². The highest BCUT2D eigenvalue weighted by atomic mass is 32.2. The lowest BCUT2D eigenvalue weighted by molar-refractivity contribution is 0.442. The monoisotopic (exact) mass is 312 g/mol. The van der Waals surface area contributed by atoms with Crippen molar-refractivity contribution in [1.82, 2.24) is 0 Å². The van der Waals surface area contributed by atoms with Crippen molar-refractivity contribution in [3.8, 4) is 0 Å². The first-order valence-electron chi connectivity index (χ1n) is 7.50. The van der Waals surface area contributed by atoms with Crippen LogP contribution in [0.15, 0.2) is 24.3 Å². The second-order valence-electron chi connectivity index (χ2n) is 6.52. The zero-order valence-corrected chi connectivity index (χ0v) is 14.5. The lowest BCUT2D eigenvalue weighted by Crippen LogP contribution is -2.24. The van der Waals surface area contributed by atoms with Crippen LogP contribution in [-0.2, 0) is 10.0 Å². The number of benzene rings is 1. The van der Waals surface area contributed by atoms with Gasteiger partial charge in [0.25, 0.3) is 0 Å². The van der Waals surface area contributed by atoms with Gasteiger partial charge in [-0.05, 0) is 36.8 Å². The first kappa shape index (κ1) is 17.8. The summed E-state index contributed by atoms with van der Waals surface area (Å²) < 4.78 is 25.5. The third kappa shape index (κ3) is 7.37. The second kappa shape index (κ2) is 7.69. The highest BCUT2D eigenvalue weighted by Crippen LogP contribution is 2.26. The lowest BCUT2D eigenvalue weighted by Gasteiger charge is -2.25. The predicted molar refractivity (Wildman–Crippen MR) is 91.2 cm³/mol. The number of nitrogens with one attached hydrogen (secondary N) is 2. The molecule has 0 spiro atoms. The number of anilines is 2. The third-order valence-electron chi connectivity index (χ3n) is 3.09. The molecule has 0 bridgehead atoms. The molecule has 120 valence electrons. The molecule has 1 rings (SSSR count). The minimum Gasteiger partial charge on any atom is -0.381 e. The van der Waals surface area contributed by atoms with Crippen molar-refractivity contribution >= 4 is 21.4 Å². The number of hydrogen-bond acceptors (Lipinski definition) is 3. The van der Waals surface area contributed by atoms with Gasteiger partial charge < -0.3 is 5.32 Å². The molecule has 2 N–H and O–H groups in total. The molecule has 0 saturated carbocycles. The molecule has 5 heteroatoms. The van der Waals surface area contributed by atoms with Gasteiger partial charge in [-0.15, -0.1) is 0 Å². The van der Waals surface area contributed by atoms with Gasteiger partial charge in [0.05, 0.1) is 17.6 Å². The molecule has 0 aliphatic rings. The van der Waals surface area contributed by atoms with Crippen molar-refractivity contribution in [3.63, 3.8) is 0 Å². The van der Waals surface area contributed by atoms with E-state index >= 15 is 0 Å². The van der Waals surface area contributed by atoms with Crippen LogP contribution in [-0.4, -0.2) is 20.7 Å². The Bertz CT molecular complexity index is 529. The van der Waals surface area contributed by atoms with E-state index in [0.717, 1.165) is 18.5 Å². The zero-order chi connectivity index (χ0) is 16.0. The van der Waals surface area contributed by atoms with Crippen LogP contribution >= 0.6 is 0 Å². The quantitative estimate of drug-likeness (QED) is 0.764. The minimum atomic E-state index is -3.27. The summed E-state index contributed by atoms with van der Waals surface area (Å²) >= 11 is 0. The van der Waals surface area contributed by atoms with Gasteiger partial charge in [0, 0.05) is 6.04 Å². The smallest absolute Gasteiger partial charge is 0.229 e. The Morgan fingerprint density at radius 2 is 1.43 bits per heavy atom. The van der Waals surface area contributed by atoms with Gasteiger partial charge in [-0.3, -0.25) is 4.72 Å². The lowest BCUT2D eigenvalue weighted by atomic mass is 9.95. The predicted octanol–water partition coefficient (Wildman–Crippen LogP) is 3.93. The van der Waals surface area contributed by atoms with E-state index in [9.17, 15) is 8.42 Å². The van der Waals surface area contributed by atoms with E-state index in [2.05, 4.69) is 37.7 Å². The van der Waals surface area contributed by atoms with Crippen LogP contribution in [0.2, 0.25) is 0 Å². The SMILES string of the molecule is CC(C)CC(CC(C)C)Nc1ccccc1NS(C)(=O)=O. The number of sulfonamides is 1. The number of para-hydroxylation sites is 2. The molecule has 0 radical (unpaired) electrons. The van der Waals surface area contributed by atoms with Crippen LogP contribution in [0, 0.1) is 11.8 Å². The molecular formula is C16H28N2O2S.